The van der Waals surface area contributed by atoms with Crippen LogP contribution in [0.3, 0.4) is 0 Å². The Balaban J connectivity index is 2.87. The normalized spacial score (nSPS) is 16.4. The van der Waals surface area contributed by atoms with Crippen molar-refractivity contribution in [1.82, 2.24) is 0 Å². The molecule has 88 valence electrons. The van der Waals surface area contributed by atoms with Crippen LogP contribution in [0.2, 0.25) is 0 Å². The van der Waals surface area contributed by atoms with Gasteiger partial charge in [0.15, 0.2) is 5.78 Å². The lowest BCUT2D eigenvalue weighted by Gasteiger charge is -2.24. The molecular weight excluding hydrogens is 228 g/mol. The first-order valence-corrected chi connectivity index (χ1v) is 5.82. The Hall–Kier alpha value is -1.04. The van der Waals surface area contributed by atoms with Crippen LogP contribution in [-0.4, -0.2) is 20.1 Å². The highest BCUT2D eigenvalue weighted by atomic mass is 32.2. The van der Waals surface area contributed by atoms with E-state index in [4.69, 9.17) is 8.74 Å². The number of hydrogen-bond acceptors (Lipinski definition) is 3. The molecule has 0 aliphatic rings. The summed E-state index contributed by atoms with van der Waals surface area (Å²) in [5.41, 5.74) is -0.383. The highest BCUT2D eigenvalue weighted by Gasteiger charge is 2.33. The predicted molar refractivity (Wildman–Crippen MR) is 61.1 cm³/mol. The second kappa shape index (κ2) is 5.34. The van der Waals surface area contributed by atoms with Crippen LogP contribution in [0.5, 0.6) is 0 Å². The maximum atomic E-state index is 11.4. The van der Waals surface area contributed by atoms with E-state index in [1.807, 2.05) is 30.3 Å². The maximum Gasteiger partial charge on any atom is 0.302 e. The Morgan fingerprint density at radius 2 is 2.00 bits per heavy atom. The van der Waals surface area contributed by atoms with Gasteiger partial charge in [-0.15, -0.1) is 0 Å². The molecule has 1 rings (SSSR count). The minimum atomic E-state index is -2.45. The SMILES string of the molecule is CC(=O)C(C)(Cc1ccccc1)OS(=O)O. The van der Waals surface area contributed by atoms with Crippen molar-refractivity contribution < 1.29 is 17.7 Å². The lowest BCUT2D eigenvalue weighted by Crippen LogP contribution is -2.39. The Morgan fingerprint density at radius 3 is 2.44 bits per heavy atom. The number of benzene rings is 1. The van der Waals surface area contributed by atoms with E-state index in [9.17, 15) is 9.00 Å². The lowest BCUT2D eigenvalue weighted by molar-refractivity contribution is -0.130. The second-order valence-corrected chi connectivity index (χ2v) is 4.35. The third-order valence-corrected chi connectivity index (χ3v) is 2.89. The van der Waals surface area contributed by atoms with Gasteiger partial charge in [-0.3, -0.25) is 13.5 Å². The fourth-order valence-electron chi connectivity index (χ4n) is 1.36. The summed E-state index contributed by atoms with van der Waals surface area (Å²) in [5.74, 6) is -0.279. The van der Waals surface area contributed by atoms with Gasteiger partial charge in [0.05, 0.1) is 0 Å². The van der Waals surface area contributed by atoms with Crippen molar-refractivity contribution in [2.24, 2.45) is 0 Å². The Kier molecular flexibility index (Phi) is 4.35. The largest absolute Gasteiger partial charge is 0.302 e. The monoisotopic (exact) mass is 242 g/mol. The topological polar surface area (TPSA) is 63.6 Å². The zero-order valence-electron chi connectivity index (χ0n) is 9.17. The van der Waals surface area contributed by atoms with E-state index in [-0.39, 0.29) is 12.2 Å². The number of Topliss-reactive ketones (excluding diaryl/α,β-unsaturated/α-hetero) is 1. The molecule has 2 atom stereocenters. The Morgan fingerprint density at radius 1 is 1.44 bits per heavy atom. The summed E-state index contributed by atoms with van der Waals surface area (Å²) in [7, 11) is 0. The summed E-state index contributed by atoms with van der Waals surface area (Å²) in [6, 6.07) is 9.22. The summed E-state index contributed by atoms with van der Waals surface area (Å²) in [6.45, 7) is 2.85. The zero-order chi connectivity index (χ0) is 12.2. The van der Waals surface area contributed by atoms with Crippen LogP contribution in [0.15, 0.2) is 30.3 Å². The first kappa shape index (κ1) is 13.0. The molecule has 0 spiro atoms. The standard InChI is InChI=1S/C11H14O4S/c1-9(12)11(2,15-16(13)14)8-10-6-4-3-5-7-10/h3-7H,8H2,1-2H3,(H,13,14). The van der Waals surface area contributed by atoms with Crippen molar-refractivity contribution in [2.45, 2.75) is 25.9 Å². The molecule has 16 heavy (non-hydrogen) atoms. The van der Waals surface area contributed by atoms with Crippen molar-refractivity contribution in [3.8, 4) is 0 Å². The maximum absolute atomic E-state index is 11.4. The summed E-state index contributed by atoms with van der Waals surface area (Å²) in [4.78, 5) is 11.4. The van der Waals surface area contributed by atoms with Crippen LogP contribution in [0, 0.1) is 0 Å². The van der Waals surface area contributed by atoms with E-state index in [0.29, 0.717) is 0 Å². The summed E-state index contributed by atoms with van der Waals surface area (Å²) >= 11 is -2.45. The third-order valence-electron chi connectivity index (χ3n) is 2.38. The minimum absolute atomic E-state index is 0.273. The number of ketones is 1. The zero-order valence-corrected chi connectivity index (χ0v) is 9.99. The van der Waals surface area contributed by atoms with Crippen molar-refractivity contribution in [3.05, 3.63) is 35.9 Å². The molecule has 2 unspecified atom stereocenters. The molecule has 0 heterocycles. The van der Waals surface area contributed by atoms with Gasteiger partial charge < -0.3 is 0 Å². The van der Waals surface area contributed by atoms with Crippen LogP contribution in [0.4, 0.5) is 0 Å². The van der Waals surface area contributed by atoms with E-state index in [1.54, 1.807) is 0 Å². The van der Waals surface area contributed by atoms with Crippen molar-refractivity contribution in [2.75, 3.05) is 0 Å². The molecule has 1 N–H and O–H groups in total. The van der Waals surface area contributed by atoms with Gasteiger partial charge in [-0.25, -0.2) is 0 Å². The van der Waals surface area contributed by atoms with E-state index in [2.05, 4.69) is 0 Å². The molecule has 1 aromatic rings. The highest BCUT2D eigenvalue weighted by molar-refractivity contribution is 7.74. The van der Waals surface area contributed by atoms with Gasteiger partial charge in [-0.1, -0.05) is 30.3 Å². The molecule has 0 saturated carbocycles. The molecule has 0 fully saturated rings. The van der Waals surface area contributed by atoms with Crippen molar-refractivity contribution in [3.63, 3.8) is 0 Å². The number of carbonyl (C=O) groups is 1. The molecule has 0 bridgehead atoms. The number of hydrogen-bond donors (Lipinski definition) is 1. The van der Waals surface area contributed by atoms with E-state index in [1.165, 1.54) is 13.8 Å². The quantitative estimate of drug-likeness (QED) is 0.799. The van der Waals surface area contributed by atoms with E-state index < -0.39 is 17.0 Å². The van der Waals surface area contributed by atoms with Gasteiger partial charge >= 0.3 is 11.4 Å². The molecule has 0 aliphatic heterocycles. The van der Waals surface area contributed by atoms with Crippen LogP contribution in [0.1, 0.15) is 19.4 Å². The first-order valence-electron chi connectivity index (χ1n) is 4.79. The molecule has 0 amide bonds. The molecule has 5 heteroatoms. The molecule has 1 aromatic carbocycles. The van der Waals surface area contributed by atoms with E-state index in [0.717, 1.165) is 5.56 Å². The number of rotatable bonds is 5. The van der Waals surface area contributed by atoms with Crippen LogP contribution < -0.4 is 0 Å². The molecule has 0 saturated heterocycles. The summed E-state index contributed by atoms with van der Waals surface area (Å²) in [5, 5.41) is 0. The van der Waals surface area contributed by atoms with Crippen molar-refractivity contribution >= 4 is 17.1 Å². The van der Waals surface area contributed by atoms with Gasteiger partial charge in [0.2, 0.25) is 0 Å². The van der Waals surface area contributed by atoms with Crippen LogP contribution >= 0.6 is 0 Å². The van der Waals surface area contributed by atoms with Gasteiger partial charge in [-0.05, 0) is 19.4 Å². The fraction of sp³-hybridized carbons (Fsp3) is 0.364. The molecule has 4 nitrogen and oxygen atoms in total. The van der Waals surface area contributed by atoms with Gasteiger partial charge in [0.1, 0.15) is 5.60 Å². The van der Waals surface area contributed by atoms with Gasteiger partial charge in [-0.2, -0.15) is 4.21 Å². The number of carbonyl (C=O) groups excluding carboxylic acids is 1. The van der Waals surface area contributed by atoms with E-state index >= 15 is 0 Å². The van der Waals surface area contributed by atoms with Crippen LogP contribution in [-0.2, 0) is 26.8 Å². The first-order chi connectivity index (χ1) is 7.44. The fourth-order valence-corrected chi connectivity index (χ4v) is 1.85. The van der Waals surface area contributed by atoms with Crippen LogP contribution in [0.25, 0.3) is 0 Å². The predicted octanol–water partition coefficient (Wildman–Crippen LogP) is 1.73. The summed E-state index contributed by atoms with van der Waals surface area (Å²) < 4.78 is 24.1. The van der Waals surface area contributed by atoms with Crippen molar-refractivity contribution in [1.29, 1.82) is 0 Å². The second-order valence-electron chi connectivity index (χ2n) is 3.75. The molecule has 0 aromatic heterocycles. The Bertz CT molecular complexity index is 390. The molecular formula is C11H14O4S. The summed E-state index contributed by atoms with van der Waals surface area (Å²) in [6.07, 6.45) is 0.273. The smallest absolute Gasteiger partial charge is 0.297 e. The molecule has 0 radical (unpaired) electrons. The highest BCUT2D eigenvalue weighted by Crippen LogP contribution is 2.19. The average Bonchev–Trinajstić information content (AvgIpc) is 2.17. The lowest BCUT2D eigenvalue weighted by atomic mass is 9.93. The van der Waals surface area contributed by atoms with Gasteiger partial charge in [0, 0.05) is 6.42 Å². The molecule has 0 aliphatic carbocycles. The Labute approximate surface area is 97.1 Å². The third kappa shape index (κ3) is 3.52. The van der Waals surface area contributed by atoms with Gasteiger partial charge in [0.25, 0.3) is 0 Å². The minimum Gasteiger partial charge on any atom is -0.297 e. The average molecular weight is 242 g/mol.